The number of hydrogen-bond acceptors (Lipinski definition) is 6. The largest absolute Gasteiger partial charge is 0.462 e. The maximum atomic E-state index is 11.9. The van der Waals surface area contributed by atoms with Gasteiger partial charge in [0.25, 0.3) is 0 Å². The van der Waals surface area contributed by atoms with Gasteiger partial charge >= 0.3 is 17.9 Å². The molecule has 0 amide bonds. The summed E-state index contributed by atoms with van der Waals surface area (Å²) in [5.74, 6) is -1.27. The van der Waals surface area contributed by atoms with E-state index in [-0.39, 0.29) is 17.1 Å². The molecule has 0 saturated carbocycles. The molecule has 0 atom stereocenters. The van der Waals surface area contributed by atoms with Crippen molar-refractivity contribution in [3.8, 4) is 0 Å². The van der Waals surface area contributed by atoms with Crippen molar-refractivity contribution in [2.24, 2.45) is 0 Å². The van der Waals surface area contributed by atoms with E-state index < -0.39 is 11.9 Å². The van der Waals surface area contributed by atoms with Crippen molar-refractivity contribution in [3.05, 3.63) is 48.2 Å². The molecule has 0 saturated heterocycles. The fraction of sp³-hybridized carbons (Fsp3) is 0.450. The van der Waals surface area contributed by atoms with Gasteiger partial charge in [-0.1, -0.05) is 45.4 Å². The molecule has 1 aromatic rings. The third-order valence-corrected chi connectivity index (χ3v) is 3.08. The summed E-state index contributed by atoms with van der Waals surface area (Å²) in [7, 11) is 0. The summed E-state index contributed by atoms with van der Waals surface area (Å²) in [5, 5.41) is 0. The zero-order valence-electron chi connectivity index (χ0n) is 15.8. The summed E-state index contributed by atoms with van der Waals surface area (Å²) >= 11 is 0. The van der Waals surface area contributed by atoms with Crippen LogP contribution in [-0.4, -0.2) is 31.1 Å². The van der Waals surface area contributed by atoms with Crippen LogP contribution < -0.4 is 0 Å². The Hall–Kier alpha value is -2.63. The van der Waals surface area contributed by atoms with E-state index in [4.69, 9.17) is 9.47 Å². The molecule has 0 aliphatic heterocycles. The predicted octanol–water partition coefficient (Wildman–Crippen LogP) is 4.29. The lowest BCUT2D eigenvalue weighted by atomic mass is 10.1. The molecular weight excluding hydrogens is 336 g/mol. The number of carbonyl (C=O) groups excluding carboxylic acids is 3. The Morgan fingerprint density at radius 2 is 1.35 bits per heavy atom. The van der Waals surface area contributed by atoms with Gasteiger partial charge < -0.3 is 14.2 Å². The average molecular weight is 364 g/mol. The monoisotopic (exact) mass is 364 g/mol. The van der Waals surface area contributed by atoms with E-state index in [0.717, 1.165) is 31.9 Å². The minimum absolute atomic E-state index is 0.269. The van der Waals surface area contributed by atoms with Crippen LogP contribution in [0.4, 0.5) is 0 Å². The van der Waals surface area contributed by atoms with E-state index in [9.17, 15) is 14.4 Å². The standard InChI is InChI=1S/C16H22O4.C4H6O2/c1-3-5-11-19-15(17)13-9-7-8-10-14(13)16(18)20-12-6-4-2;1-3-6-4(2)5/h7-10H,3-6,11-12H2,1-2H3;3H,1H2,2H3. The molecule has 6 heteroatoms. The summed E-state index contributed by atoms with van der Waals surface area (Å²) < 4.78 is 14.4. The Kier molecular flexibility index (Phi) is 13.2. The van der Waals surface area contributed by atoms with Gasteiger partial charge in [0, 0.05) is 6.92 Å². The Bertz CT molecular complexity index is 538. The quantitative estimate of drug-likeness (QED) is 0.281. The first kappa shape index (κ1) is 23.4. The van der Waals surface area contributed by atoms with Gasteiger partial charge in [0.15, 0.2) is 0 Å². The van der Waals surface area contributed by atoms with Crippen molar-refractivity contribution in [1.29, 1.82) is 0 Å². The Labute approximate surface area is 155 Å². The number of hydrogen-bond donors (Lipinski definition) is 0. The van der Waals surface area contributed by atoms with Crippen LogP contribution in [0.25, 0.3) is 0 Å². The van der Waals surface area contributed by atoms with E-state index in [1.807, 2.05) is 13.8 Å². The van der Waals surface area contributed by atoms with Crippen LogP contribution in [0.15, 0.2) is 37.1 Å². The Morgan fingerprint density at radius 3 is 1.62 bits per heavy atom. The molecule has 0 aliphatic rings. The number of unbranched alkanes of at least 4 members (excludes halogenated alkanes) is 2. The second-order valence-electron chi connectivity index (χ2n) is 5.30. The van der Waals surface area contributed by atoms with Crippen LogP contribution in [0.1, 0.15) is 67.2 Å². The van der Waals surface area contributed by atoms with E-state index in [1.165, 1.54) is 6.92 Å². The zero-order chi connectivity index (χ0) is 19.8. The van der Waals surface area contributed by atoms with E-state index in [1.54, 1.807) is 24.3 Å². The molecule has 6 nitrogen and oxygen atoms in total. The van der Waals surface area contributed by atoms with Crippen molar-refractivity contribution in [1.82, 2.24) is 0 Å². The molecule has 0 unspecified atom stereocenters. The molecule has 0 heterocycles. The lowest BCUT2D eigenvalue weighted by molar-refractivity contribution is -0.135. The molecule has 0 bridgehead atoms. The van der Waals surface area contributed by atoms with Crippen molar-refractivity contribution in [2.45, 2.75) is 46.5 Å². The second-order valence-corrected chi connectivity index (χ2v) is 5.30. The molecule has 0 fully saturated rings. The van der Waals surface area contributed by atoms with Gasteiger partial charge in [0.2, 0.25) is 0 Å². The predicted molar refractivity (Wildman–Crippen MR) is 98.8 cm³/mol. The van der Waals surface area contributed by atoms with Gasteiger partial charge in [-0.15, -0.1) is 0 Å². The first-order chi connectivity index (χ1) is 12.5. The number of benzene rings is 1. The summed E-state index contributed by atoms with van der Waals surface area (Å²) in [4.78, 5) is 33.6. The highest BCUT2D eigenvalue weighted by molar-refractivity contribution is 6.03. The number of ether oxygens (including phenoxy) is 3. The van der Waals surface area contributed by atoms with Crippen LogP contribution in [0.2, 0.25) is 0 Å². The molecular formula is C20H28O6. The number of rotatable bonds is 9. The van der Waals surface area contributed by atoms with Crippen LogP contribution in [0.5, 0.6) is 0 Å². The van der Waals surface area contributed by atoms with Crippen LogP contribution in [0.3, 0.4) is 0 Å². The van der Waals surface area contributed by atoms with Crippen molar-refractivity contribution in [3.63, 3.8) is 0 Å². The Balaban J connectivity index is 0.000000896. The van der Waals surface area contributed by atoms with E-state index in [0.29, 0.717) is 13.2 Å². The second kappa shape index (κ2) is 14.7. The SMILES string of the molecule is C=COC(C)=O.CCCCOC(=O)c1ccccc1C(=O)OCCCC. The highest BCUT2D eigenvalue weighted by Gasteiger charge is 2.18. The highest BCUT2D eigenvalue weighted by atomic mass is 16.5. The van der Waals surface area contributed by atoms with E-state index >= 15 is 0 Å². The minimum Gasteiger partial charge on any atom is -0.462 e. The average Bonchev–Trinajstić information content (AvgIpc) is 2.62. The molecule has 144 valence electrons. The first-order valence-electron chi connectivity index (χ1n) is 8.69. The summed E-state index contributed by atoms with van der Waals surface area (Å²) in [6.45, 7) is 9.26. The normalized spacial score (nSPS) is 9.35. The zero-order valence-corrected chi connectivity index (χ0v) is 15.8. The van der Waals surface area contributed by atoms with Gasteiger partial charge in [0.05, 0.1) is 30.6 Å². The van der Waals surface area contributed by atoms with Crippen molar-refractivity contribution in [2.75, 3.05) is 13.2 Å². The van der Waals surface area contributed by atoms with Crippen LogP contribution in [-0.2, 0) is 19.0 Å². The van der Waals surface area contributed by atoms with Gasteiger partial charge in [0.1, 0.15) is 0 Å². The third-order valence-electron chi connectivity index (χ3n) is 3.08. The maximum absolute atomic E-state index is 11.9. The van der Waals surface area contributed by atoms with Crippen LogP contribution >= 0.6 is 0 Å². The fourth-order valence-electron chi connectivity index (χ4n) is 1.73. The van der Waals surface area contributed by atoms with Gasteiger partial charge in [-0.2, -0.15) is 0 Å². The minimum atomic E-state index is -0.471. The summed E-state index contributed by atoms with van der Waals surface area (Å²) in [6, 6.07) is 6.59. The molecule has 1 aromatic carbocycles. The van der Waals surface area contributed by atoms with Gasteiger partial charge in [-0.05, 0) is 25.0 Å². The Morgan fingerprint density at radius 1 is 0.923 bits per heavy atom. The molecule has 1 rings (SSSR count). The van der Waals surface area contributed by atoms with Gasteiger partial charge in [-0.25, -0.2) is 9.59 Å². The molecule has 0 radical (unpaired) electrons. The lowest BCUT2D eigenvalue weighted by Crippen LogP contribution is -2.14. The first-order valence-corrected chi connectivity index (χ1v) is 8.69. The molecule has 0 aliphatic carbocycles. The van der Waals surface area contributed by atoms with Crippen molar-refractivity contribution >= 4 is 17.9 Å². The van der Waals surface area contributed by atoms with E-state index in [2.05, 4.69) is 11.3 Å². The molecule has 0 spiro atoms. The molecule has 0 N–H and O–H groups in total. The lowest BCUT2D eigenvalue weighted by Gasteiger charge is -2.09. The van der Waals surface area contributed by atoms with Crippen molar-refractivity contribution < 1.29 is 28.6 Å². The smallest absolute Gasteiger partial charge is 0.339 e. The maximum Gasteiger partial charge on any atom is 0.339 e. The summed E-state index contributed by atoms with van der Waals surface area (Å²) in [6.07, 6.45) is 4.63. The highest BCUT2D eigenvalue weighted by Crippen LogP contribution is 2.12. The topological polar surface area (TPSA) is 78.9 Å². The third kappa shape index (κ3) is 10.3. The number of esters is 3. The molecule has 0 aromatic heterocycles. The van der Waals surface area contributed by atoms with Gasteiger partial charge in [-0.3, -0.25) is 4.79 Å². The molecule has 26 heavy (non-hydrogen) atoms. The fourth-order valence-corrected chi connectivity index (χ4v) is 1.73. The number of carbonyl (C=O) groups is 3. The summed E-state index contributed by atoms with van der Waals surface area (Å²) in [5.41, 5.74) is 0.537. The van der Waals surface area contributed by atoms with Crippen LogP contribution in [0, 0.1) is 0 Å².